The van der Waals surface area contributed by atoms with Gasteiger partial charge in [0, 0.05) is 6.42 Å². The molecular formula is C9H18NO5P. The van der Waals surface area contributed by atoms with Crippen LogP contribution >= 0.6 is 7.60 Å². The first-order chi connectivity index (χ1) is 7.43. The van der Waals surface area contributed by atoms with Gasteiger partial charge in [0.2, 0.25) is 5.91 Å². The lowest BCUT2D eigenvalue weighted by Gasteiger charge is -2.13. The van der Waals surface area contributed by atoms with E-state index in [0.717, 1.165) is 0 Å². The van der Waals surface area contributed by atoms with Crippen molar-refractivity contribution in [1.29, 1.82) is 0 Å². The van der Waals surface area contributed by atoms with E-state index < -0.39 is 13.5 Å². The Bertz CT molecular complexity index is 281. The van der Waals surface area contributed by atoms with Crippen LogP contribution in [0.4, 0.5) is 0 Å². The van der Waals surface area contributed by atoms with Crippen molar-refractivity contribution < 1.29 is 24.0 Å². The molecule has 1 atom stereocenters. The number of hydrogen-bond donors (Lipinski definition) is 2. The molecule has 1 amide bonds. The Morgan fingerprint density at radius 1 is 1.62 bits per heavy atom. The van der Waals surface area contributed by atoms with Crippen molar-refractivity contribution in [2.75, 3.05) is 19.3 Å². The SMILES string of the molecule is C=CCN(O)C(=O)CCCP(=O)(O)OCC. The fraction of sp³-hybridized carbons (Fsp3) is 0.667. The predicted molar refractivity (Wildman–Crippen MR) is 59.2 cm³/mol. The number of amides is 1. The van der Waals surface area contributed by atoms with Crippen LogP contribution in [0.1, 0.15) is 19.8 Å². The zero-order valence-electron chi connectivity index (χ0n) is 9.33. The molecule has 0 aliphatic heterocycles. The number of nitrogens with zero attached hydrogens (tertiary/aromatic N) is 1. The fourth-order valence-corrected chi connectivity index (χ4v) is 2.14. The summed E-state index contributed by atoms with van der Waals surface area (Å²) in [7, 11) is -3.57. The quantitative estimate of drug-likeness (QED) is 0.294. The van der Waals surface area contributed by atoms with Gasteiger partial charge in [0.1, 0.15) is 0 Å². The first-order valence-electron chi connectivity index (χ1n) is 4.99. The average molecular weight is 251 g/mol. The molecular weight excluding hydrogens is 233 g/mol. The zero-order valence-corrected chi connectivity index (χ0v) is 10.2. The van der Waals surface area contributed by atoms with E-state index in [9.17, 15) is 14.3 Å². The number of carbonyl (C=O) groups excluding carboxylic acids is 1. The molecule has 1 unspecified atom stereocenters. The highest BCUT2D eigenvalue weighted by atomic mass is 31.2. The first-order valence-corrected chi connectivity index (χ1v) is 6.75. The summed E-state index contributed by atoms with van der Waals surface area (Å²) in [6.45, 7) is 5.19. The molecule has 0 rings (SSSR count). The van der Waals surface area contributed by atoms with Crippen LogP contribution in [0.25, 0.3) is 0 Å². The van der Waals surface area contributed by atoms with Gasteiger partial charge in [-0.1, -0.05) is 6.08 Å². The maximum Gasteiger partial charge on any atom is 0.328 e. The van der Waals surface area contributed by atoms with E-state index in [1.807, 2.05) is 0 Å². The van der Waals surface area contributed by atoms with Crippen molar-refractivity contribution in [2.24, 2.45) is 0 Å². The highest BCUT2D eigenvalue weighted by Gasteiger charge is 2.19. The molecule has 0 heterocycles. The second-order valence-corrected chi connectivity index (χ2v) is 5.13. The molecule has 0 saturated carbocycles. The van der Waals surface area contributed by atoms with Crippen LogP contribution in [0.2, 0.25) is 0 Å². The summed E-state index contributed by atoms with van der Waals surface area (Å²) in [5.41, 5.74) is 0. The smallest absolute Gasteiger partial charge is 0.324 e. The van der Waals surface area contributed by atoms with E-state index in [-0.39, 0.29) is 32.2 Å². The fourth-order valence-electron chi connectivity index (χ4n) is 1.05. The predicted octanol–water partition coefficient (Wildman–Crippen LogP) is 1.39. The molecule has 7 heteroatoms. The number of hydrogen-bond acceptors (Lipinski definition) is 4. The molecule has 6 nitrogen and oxygen atoms in total. The van der Waals surface area contributed by atoms with Crippen LogP contribution < -0.4 is 0 Å². The summed E-state index contributed by atoms with van der Waals surface area (Å²) in [5, 5.41) is 9.62. The van der Waals surface area contributed by atoms with E-state index >= 15 is 0 Å². The van der Waals surface area contributed by atoms with Crippen molar-refractivity contribution in [3.63, 3.8) is 0 Å². The maximum atomic E-state index is 11.2. The molecule has 0 aromatic heterocycles. The van der Waals surface area contributed by atoms with Crippen molar-refractivity contribution >= 4 is 13.5 Å². The second kappa shape index (κ2) is 7.57. The van der Waals surface area contributed by atoms with Crippen molar-refractivity contribution in [2.45, 2.75) is 19.8 Å². The topological polar surface area (TPSA) is 87.1 Å². The number of carbonyl (C=O) groups is 1. The molecule has 0 aliphatic rings. The summed E-state index contributed by atoms with van der Waals surface area (Å²) in [5.74, 6) is -0.503. The Balaban J connectivity index is 3.85. The molecule has 0 aliphatic carbocycles. The monoisotopic (exact) mass is 251 g/mol. The average Bonchev–Trinajstić information content (AvgIpc) is 2.17. The third-order valence-electron chi connectivity index (χ3n) is 1.75. The summed E-state index contributed by atoms with van der Waals surface area (Å²) in [6.07, 6.45) is 1.49. The highest BCUT2D eigenvalue weighted by Crippen LogP contribution is 2.42. The maximum absolute atomic E-state index is 11.2. The summed E-state index contributed by atoms with van der Waals surface area (Å²) in [4.78, 5) is 20.4. The summed E-state index contributed by atoms with van der Waals surface area (Å²) in [6, 6.07) is 0. The first kappa shape index (κ1) is 15.3. The minimum Gasteiger partial charge on any atom is -0.324 e. The van der Waals surface area contributed by atoms with Crippen LogP contribution in [0, 0.1) is 0 Å². The lowest BCUT2D eigenvalue weighted by molar-refractivity contribution is -0.162. The Kier molecular flexibility index (Phi) is 7.25. The highest BCUT2D eigenvalue weighted by molar-refractivity contribution is 7.52. The lowest BCUT2D eigenvalue weighted by Crippen LogP contribution is -2.27. The van der Waals surface area contributed by atoms with Gasteiger partial charge in [0.05, 0.1) is 19.3 Å². The van der Waals surface area contributed by atoms with Gasteiger partial charge in [-0.3, -0.25) is 14.6 Å². The third kappa shape index (κ3) is 6.74. The molecule has 94 valence electrons. The minimum absolute atomic E-state index is 0.00195. The molecule has 0 aromatic rings. The number of hydroxylamine groups is 2. The van der Waals surface area contributed by atoms with E-state index in [1.54, 1.807) is 6.92 Å². The van der Waals surface area contributed by atoms with Crippen molar-refractivity contribution in [3.8, 4) is 0 Å². The van der Waals surface area contributed by atoms with Crippen LogP contribution in [0.3, 0.4) is 0 Å². The lowest BCUT2D eigenvalue weighted by atomic mass is 10.3. The summed E-state index contributed by atoms with van der Waals surface area (Å²) < 4.78 is 15.8. The van der Waals surface area contributed by atoms with Gasteiger partial charge in [-0.25, -0.2) is 5.06 Å². The van der Waals surface area contributed by atoms with Crippen LogP contribution in [-0.4, -0.2) is 40.4 Å². The van der Waals surface area contributed by atoms with Crippen LogP contribution in [0.5, 0.6) is 0 Å². The Hall–Kier alpha value is -0.680. The molecule has 16 heavy (non-hydrogen) atoms. The van der Waals surface area contributed by atoms with Gasteiger partial charge in [-0.05, 0) is 13.3 Å². The Morgan fingerprint density at radius 3 is 2.75 bits per heavy atom. The minimum atomic E-state index is -3.57. The second-order valence-electron chi connectivity index (χ2n) is 3.15. The molecule has 0 spiro atoms. The third-order valence-corrected chi connectivity index (χ3v) is 3.30. The van der Waals surface area contributed by atoms with Crippen molar-refractivity contribution in [3.05, 3.63) is 12.7 Å². The van der Waals surface area contributed by atoms with E-state index in [0.29, 0.717) is 5.06 Å². The van der Waals surface area contributed by atoms with E-state index in [2.05, 4.69) is 11.1 Å². The Labute approximate surface area is 95.0 Å². The normalized spacial score (nSPS) is 14.2. The molecule has 0 saturated heterocycles. The zero-order chi connectivity index (χ0) is 12.6. The van der Waals surface area contributed by atoms with Gasteiger partial charge < -0.3 is 9.42 Å². The molecule has 0 radical (unpaired) electrons. The van der Waals surface area contributed by atoms with Gasteiger partial charge in [-0.2, -0.15) is 0 Å². The Morgan fingerprint density at radius 2 is 2.25 bits per heavy atom. The van der Waals surface area contributed by atoms with E-state index in [4.69, 9.17) is 5.21 Å². The molecule has 0 aromatic carbocycles. The number of rotatable bonds is 8. The van der Waals surface area contributed by atoms with Crippen molar-refractivity contribution in [1.82, 2.24) is 5.06 Å². The van der Waals surface area contributed by atoms with Gasteiger partial charge in [-0.15, -0.1) is 6.58 Å². The van der Waals surface area contributed by atoms with E-state index in [1.165, 1.54) is 6.08 Å². The summed E-state index contributed by atoms with van der Waals surface area (Å²) >= 11 is 0. The molecule has 2 N–H and O–H groups in total. The van der Waals surface area contributed by atoms with Gasteiger partial charge >= 0.3 is 7.60 Å². The molecule has 0 bridgehead atoms. The van der Waals surface area contributed by atoms with Gasteiger partial charge in [0.25, 0.3) is 0 Å². The van der Waals surface area contributed by atoms with Crippen LogP contribution in [0.15, 0.2) is 12.7 Å². The molecule has 0 fully saturated rings. The van der Waals surface area contributed by atoms with Gasteiger partial charge in [0.15, 0.2) is 0 Å². The standard InChI is InChI=1S/C9H18NO5P/c1-3-7-10(12)9(11)6-5-8-16(13,14)15-4-2/h3,12H,1,4-8H2,2H3,(H,13,14). The largest absolute Gasteiger partial charge is 0.328 e. The van der Waals surface area contributed by atoms with Crippen LogP contribution in [-0.2, 0) is 13.9 Å².